The Balaban J connectivity index is 3.60. The summed E-state index contributed by atoms with van der Waals surface area (Å²) in [5, 5.41) is 3.56. The Morgan fingerprint density at radius 3 is 1.94 bits per heavy atom. The molecule has 2 heteroatoms. The van der Waals surface area contributed by atoms with E-state index in [2.05, 4.69) is 44.8 Å². The molecule has 0 heterocycles. The molecule has 104 valence electrons. The van der Waals surface area contributed by atoms with E-state index >= 15 is 0 Å². The van der Waals surface area contributed by atoms with Gasteiger partial charge in [0.05, 0.1) is 0 Å². The average molecular weight is 242 g/mol. The number of nitrogens with one attached hydrogen (secondary N) is 1. The van der Waals surface area contributed by atoms with E-state index in [1.165, 1.54) is 45.4 Å². The zero-order valence-electron chi connectivity index (χ0n) is 12.8. The van der Waals surface area contributed by atoms with Gasteiger partial charge in [-0.05, 0) is 24.8 Å². The molecule has 0 saturated heterocycles. The molecule has 0 aromatic rings. The molecule has 0 fully saturated rings. The zero-order valence-corrected chi connectivity index (χ0v) is 12.8. The molecular weight excluding hydrogens is 208 g/mol. The number of nitrogens with zero attached hydrogens (tertiary/aromatic N) is 1. The van der Waals surface area contributed by atoms with E-state index in [1.807, 2.05) is 0 Å². The standard InChI is InChI=1S/C15H34N2/c1-6-7-8-9-16-10-11-17(12-14(2)3)13-15(4)5/h14-16H,6-13H2,1-5H3. The predicted octanol–water partition coefficient (Wildman–Crippen LogP) is 3.38. The molecule has 0 aromatic carbocycles. The first kappa shape index (κ1) is 16.9. The number of hydrogen-bond donors (Lipinski definition) is 1. The van der Waals surface area contributed by atoms with Gasteiger partial charge in [0.25, 0.3) is 0 Å². The molecule has 0 rings (SSSR count). The molecule has 0 unspecified atom stereocenters. The topological polar surface area (TPSA) is 15.3 Å². The lowest BCUT2D eigenvalue weighted by molar-refractivity contribution is 0.219. The number of unbranched alkanes of at least 4 members (excludes halogenated alkanes) is 2. The summed E-state index contributed by atoms with van der Waals surface area (Å²) in [6.07, 6.45) is 3.99. The van der Waals surface area contributed by atoms with Crippen LogP contribution in [0.25, 0.3) is 0 Å². The Kier molecular flexibility index (Phi) is 11.0. The molecule has 0 radical (unpaired) electrons. The van der Waals surface area contributed by atoms with Crippen LogP contribution in [-0.4, -0.2) is 37.6 Å². The number of rotatable bonds is 11. The fraction of sp³-hybridized carbons (Fsp3) is 1.00. The Labute approximate surface area is 109 Å². The quantitative estimate of drug-likeness (QED) is 0.559. The average Bonchev–Trinajstić information content (AvgIpc) is 2.21. The van der Waals surface area contributed by atoms with Crippen molar-refractivity contribution < 1.29 is 0 Å². The minimum atomic E-state index is 0.772. The maximum Gasteiger partial charge on any atom is 0.0107 e. The third kappa shape index (κ3) is 12.2. The van der Waals surface area contributed by atoms with E-state index in [4.69, 9.17) is 0 Å². The molecule has 0 amide bonds. The van der Waals surface area contributed by atoms with E-state index < -0.39 is 0 Å². The van der Waals surface area contributed by atoms with Crippen LogP contribution in [0, 0.1) is 11.8 Å². The summed E-state index contributed by atoms with van der Waals surface area (Å²) in [6.45, 7) is 17.5. The van der Waals surface area contributed by atoms with Gasteiger partial charge in [-0.15, -0.1) is 0 Å². The maximum absolute atomic E-state index is 3.56. The summed E-state index contributed by atoms with van der Waals surface area (Å²) in [5.74, 6) is 1.54. The first-order valence-electron chi connectivity index (χ1n) is 7.49. The highest BCUT2D eigenvalue weighted by Gasteiger charge is 2.08. The van der Waals surface area contributed by atoms with E-state index in [1.54, 1.807) is 0 Å². The molecule has 0 bridgehead atoms. The van der Waals surface area contributed by atoms with Crippen molar-refractivity contribution in [2.24, 2.45) is 11.8 Å². The van der Waals surface area contributed by atoms with Crippen LogP contribution in [0.5, 0.6) is 0 Å². The lowest BCUT2D eigenvalue weighted by atomic mass is 10.1. The molecule has 1 N–H and O–H groups in total. The first-order chi connectivity index (χ1) is 8.06. The van der Waals surface area contributed by atoms with Crippen LogP contribution in [0.2, 0.25) is 0 Å². The van der Waals surface area contributed by atoms with Crippen molar-refractivity contribution in [1.29, 1.82) is 0 Å². The van der Waals surface area contributed by atoms with Gasteiger partial charge in [-0.1, -0.05) is 47.5 Å². The van der Waals surface area contributed by atoms with Crippen molar-refractivity contribution in [3.63, 3.8) is 0 Å². The lowest BCUT2D eigenvalue weighted by Gasteiger charge is -2.26. The van der Waals surface area contributed by atoms with Gasteiger partial charge in [0, 0.05) is 26.2 Å². The summed E-state index contributed by atoms with van der Waals surface area (Å²) < 4.78 is 0. The second-order valence-corrected chi connectivity index (χ2v) is 6.00. The second-order valence-electron chi connectivity index (χ2n) is 6.00. The molecule has 2 nitrogen and oxygen atoms in total. The minimum Gasteiger partial charge on any atom is -0.315 e. The van der Waals surface area contributed by atoms with Gasteiger partial charge in [-0.3, -0.25) is 0 Å². The highest BCUT2D eigenvalue weighted by atomic mass is 15.1. The van der Waals surface area contributed by atoms with Crippen LogP contribution in [0.4, 0.5) is 0 Å². The SMILES string of the molecule is CCCCCNCCN(CC(C)C)CC(C)C. The van der Waals surface area contributed by atoms with E-state index in [0.29, 0.717) is 0 Å². The maximum atomic E-state index is 3.56. The van der Waals surface area contributed by atoms with E-state index in [9.17, 15) is 0 Å². The fourth-order valence-electron chi connectivity index (χ4n) is 2.15. The van der Waals surface area contributed by atoms with Crippen LogP contribution in [-0.2, 0) is 0 Å². The predicted molar refractivity (Wildman–Crippen MR) is 78.5 cm³/mol. The molecule has 17 heavy (non-hydrogen) atoms. The van der Waals surface area contributed by atoms with Crippen molar-refractivity contribution >= 4 is 0 Å². The summed E-state index contributed by atoms with van der Waals surface area (Å²) in [4.78, 5) is 2.60. The Hall–Kier alpha value is -0.0800. The van der Waals surface area contributed by atoms with Crippen molar-refractivity contribution in [1.82, 2.24) is 10.2 Å². The smallest absolute Gasteiger partial charge is 0.0107 e. The van der Waals surface area contributed by atoms with Crippen LogP contribution in [0.1, 0.15) is 53.9 Å². The highest BCUT2D eigenvalue weighted by Crippen LogP contribution is 2.02. The zero-order chi connectivity index (χ0) is 13.1. The summed E-state index contributed by atoms with van der Waals surface area (Å²) in [7, 11) is 0. The molecular formula is C15H34N2. The Bertz CT molecular complexity index is 145. The summed E-state index contributed by atoms with van der Waals surface area (Å²) >= 11 is 0. The molecule has 0 aliphatic carbocycles. The molecule has 0 spiro atoms. The van der Waals surface area contributed by atoms with Crippen LogP contribution in [0.15, 0.2) is 0 Å². The highest BCUT2D eigenvalue weighted by molar-refractivity contribution is 4.64. The van der Waals surface area contributed by atoms with E-state index in [-0.39, 0.29) is 0 Å². The van der Waals surface area contributed by atoms with Crippen LogP contribution < -0.4 is 5.32 Å². The molecule has 0 aliphatic heterocycles. The summed E-state index contributed by atoms with van der Waals surface area (Å²) in [6, 6.07) is 0. The van der Waals surface area contributed by atoms with Gasteiger partial charge in [-0.2, -0.15) is 0 Å². The van der Waals surface area contributed by atoms with Crippen molar-refractivity contribution in [2.75, 3.05) is 32.7 Å². The fourth-order valence-corrected chi connectivity index (χ4v) is 2.15. The van der Waals surface area contributed by atoms with Crippen molar-refractivity contribution in [2.45, 2.75) is 53.9 Å². The van der Waals surface area contributed by atoms with Gasteiger partial charge in [0.15, 0.2) is 0 Å². The normalized spacial score (nSPS) is 12.0. The minimum absolute atomic E-state index is 0.772. The van der Waals surface area contributed by atoms with Gasteiger partial charge in [0.1, 0.15) is 0 Å². The van der Waals surface area contributed by atoms with Gasteiger partial charge < -0.3 is 10.2 Å². The third-order valence-electron chi connectivity index (χ3n) is 2.81. The van der Waals surface area contributed by atoms with Gasteiger partial charge in [0.2, 0.25) is 0 Å². The molecule has 0 saturated carbocycles. The van der Waals surface area contributed by atoms with Crippen LogP contribution in [0.3, 0.4) is 0 Å². The van der Waals surface area contributed by atoms with Gasteiger partial charge >= 0.3 is 0 Å². The molecule has 0 atom stereocenters. The number of hydrogen-bond acceptors (Lipinski definition) is 2. The van der Waals surface area contributed by atoms with Crippen LogP contribution >= 0.6 is 0 Å². The monoisotopic (exact) mass is 242 g/mol. The Morgan fingerprint density at radius 1 is 0.882 bits per heavy atom. The molecule has 0 aromatic heterocycles. The summed E-state index contributed by atoms with van der Waals surface area (Å²) in [5.41, 5.74) is 0. The van der Waals surface area contributed by atoms with Crippen molar-refractivity contribution in [3.8, 4) is 0 Å². The second kappa shape index (κ2) is 11.0. The van der Waals surface area contributed by atoms with Crippen molar-refractivity contribution in [3.05, 3.63) is 0 Å². The lowest BCUT2D eigenvalue weighted by Crippen LogP contribution is -2.37. The molecule has 0 aliphatic rings. The third-order valence-corrected chi connectivity index (χ3v) is 2.81. The Morgan fingerprint density at radius 2 is 1.47 bits per heavy atom. The largest absolute Gasteiger partial charge is 0.315 e. The van der Waals surface area contributed by atoms with Gasteiger partial charge in [-0.25, -0.2) is 0 Å². The van der Waals surface area contributed by atoms with E-state index in [0.717, 1.165) is 18.4 Å². The first-order valence-corrected chi connectivity index (χ1v) is 7.49.